The maximum absolute atomic E-state index is 12.8. The topological polar surface area (TPSA) is 113 Å². The first-order valence-electron chi connectivity index (χ1n) is 12.8. The number of rotatable bonds is 10. The Balaban J connectivity index is 1.10. The van der Waals surface area contributed by atoms with Crippen molar-refractivity contribution in [2.45, 2.75) is 4.90 Å². The molecule has 1 saturated heterocycles. The summed E-state index contributed by atoms with van der Waals surface area (Å²) in [6, 6.07) is 18.5. The van der Waals surface area contributed by atoms with Crippen molar-refractivity contribution in [2.75, 3.05) is 63.1 Å². The highest BCUT2D eigenvalue weighted by Crippen LogP contribution is 2.31. The fraction of sp³-hybridized carbons (Fsp3) is 0.286. The van der Waals surface area contributed by atoms with Gasteiger partial charge in [-0.1, -0.05) is 17.4 Å². The average Bonchev–Trinajstić information content (AvgIpc) is 3.41. The fourth-order valence-electron chi connectivity index (χ4n) is 4.44. The number of amides is 1. The summed E-state index contributed by atoms with van der Waals surface area (Å²) in [4.78, 5) is 22.3. The molecule has 2 N–H and O–H groups in total. The van der Waals surface area contributed by atoms with Crippen LogP contribution in [0, 0.1) is 0 Å². The van der Waals surface area contributed by atoms with Gasteiger partial charge in [-0.05, 0) is 60.7 Å². The molecule has 1 aliphatic heterocycles. The van der Waals surface area contributed by atoms with E-state index in [4.69, 9.17) is 14.5 Å². The molecule has 0 saturated carbocycles. The lowest BCUT2D eigenvalue weighted by Gasteiger charge is -2.34. The number of ether oxygens (including phenoxy) is 2. The number of hydrogen-bond donors (Lipinski definition) is 2. The van der Waals surface area contributed by atoms with Gasteiger partial charge in [0, 0.05) is 50.5 Å². The van der Waals surface area contributed by atoms with Crippen LogP contribution < -0.4 is 24.4 Å². The number of nitrogens with zero attached hydrogens (tertiary/aromatic N) is 3. The number of fused-ring (bicyclic) bond motifs is 1. The monoisotopic (exact) mass is 581 g/mol. The Bertz CT molecular complexity index is 1580. The van der Waals surface area contributed by atoms with Crippen molar-refractivity contribution in [1.29, 1.82) is 0 Å². The maximum Gasteiger partial charge on any atom is 0.261 e. The molecule has 40 heavy (non-hydrogen) atoms. The highest BCUT2D eigenvalue weighted by atomic mass is 32.2. The van der Waals surface area contributed by atoms with Crippen molar-refractivity contribution in [2.24, 2.45) is 0 Å². The van der Waals surface area contributed by atoms with Crippen LogP contribution in [0.25, 0.3) is 10.2 Å². The molecule has 12 heteroatoms. The zero-order chi connectivity index (χ0) is 28.1. The van der Waals surface area contributed by atoms with Crippen LogP contribution >= 0.6 is 11.3 Å². The first kappa shape index (κ1) is 27.7. The molecule has 0 aliphatic carbocycles. The van der Waals surface area contributed by atoms with E-state index in [2.05, 4.69) is 19.8 Å². The third kappa shape index (κ3) is 6.46. The summed E-state index contributed by atoms with van der Waals surface area (Å²) in [5.41, 5.74) is 1.67. The zero-order valence-corrected chi connectivity index (χ0v) is 23.9. The predicted molar refractivity (Wildman–Crippen MR) is 157 cm³/mol. The molecule has 0 unspecified atom stereocenters. The van der Waals surface area contributed by atoms with E-state index in [0.717, 1.165) is 53.8 Å². The number of methoxy groups -OCH3 is 2. The van der Waals surface area contributed by atoms with Crippen LogP contribution in [0.4, 0.5) is 10.8 Å². The first-order valence-corrected chi connectivity index (χ1v) is 15.1. The molecule has 0 spiro atoms. The second-order valence-electron chi connectivity index (χ2n) is 9.28. The molecule has 0 atom stereocenters. The van der Waals surface area contributed by atoms with E-state index in [1.807, 2.05) is 18.2 Å². The van der Waals surface area contributed by atoms with Crippen molar-refractivity contribution in [3.63, 3.8) is 0 Å². The SMILES string of the molecule is COc1ccc(S(=O)(=O)Nc2cccc(C(=O)NCCN3CCN(c4nc5ccc(OC)cc5s4)CC3)c2)cc1. The number of benzene rings is 3. The normalized spacial score (nSPS) is 14.2. The second kappa shape index (κ2) is 12.1. The number of anilines is 2. The van der Waals surface area contributed by atoms with Gasteiger partial charge in [0.2, 0.25) is 0 Å². The standard InChI is InChI=1S/C28H31N5O5S2/c1-37-22-6-9-24(10-7-22)40(35,36)31-21-5-3-4-20(18-21)27(34)29-12-13-32-14-16-33(17-15-32)28-30-25-11-8-23(38-2)19-26(25)39-28/h3-11,18-19,31H,12-17H2,1-2H3,(H,29,34). The Morgan fingerprint density at radius 1 is 0.950 bits per heavy atom. The molecule has 1 fully saturated rings. The molecule has 0 bridgehead atoms. The lowest BCUT2D eigenvalue weighted by Crippen LogP contribution is -2.48. The van der Waals surface area contributed by atoms with E-state index in [1.165, 1.54) is 25.3 Å². The van der Waals surface area contributed by atoms with E-state index in [0.29, 0.717) is 23.5 Å². The molecular formula is C28H31N5O5S2. The molecule has 5 rings (SSSR count). The average molecular weight is 582 g/mol. The van der Waals surface area contributed by atoms with Crippen LogP contribution in [0.5, 0.6) is 11.5 Å². The van der Waals surface area contributed by atoms with Gasteiger partial charge in [-0.2, -0.15) is 0 Å². The van der Waals surface area contributed by atoms with Crippen LogP contribution in [0.1, 0.15) is 10.4 Å². The number of carbonyl (C=O) groups is 1. The summed E-state index contributed by atoms with van der Waals surface area (Å²) < 4.78 is 39.5. The Morgan fingerprint density at radius 3 is 2.40 bits per heavy atom. The van der Waals surface area contributed by atoms with Gasteiger partial charge in [-0.25, -0.2) is 13.4 Å². The summed E-state index contributed by atoms with van der Waals surface area (Å²) in [5.74, 6) is 1.14. The van der Waals surface area contributed by atoms with E-state index in [-0.39, 0.29) is 10.8 Å². The molecule has 0 radical (unpaired) electrons. The van der Waals surface area contributed by atoms with E-state index >= 15 is 0 Å². The lowest BCUT2D eigenvalue weighted by molar-refractivity contribution is 0.0948. The number of thiazole rings is 1. The second-order valence-corrected chi connectivity index (χ2v) is 12.0. The molecule has 3 aromatic carbocycles. The Hall–Kier alpha value is -3.87. The summed E-state index contributed by atoms with van der Waals surface area (Å²) in [6.07, 6.45) is 0. The quantitative estimate of drug-likeness (QED) is 0.292. The van der Waals surface area contributed by atoms with Crippen molar-refractivity contribution >= 4 is 48.3 Å². The van der Waals surface area contributed by atoms with E-state index in [1.54, 1.807) is 48.8 Å². The lowest BCUT2D eigenvalue weighted by atomic mass is 10.2. The molecule has 10 nitrogen and oxygen atoms in total. The van der Waals surface area contributed by atoms with Gasteiger partial charge < -0.3 is 19.7 Å². The van der Waals surface area contributed by atoms with Gasteiger partial charge in [0.15, 0.2) is 5.13 Å². The molecule has 1 amide bonds. The van der Waals surface area contributed by atoms with Crippen LogP contribution in [-0.2, 0) is 10.0 Å². The van der Waals surface area contributed by atoms with Gasteiger partial charge >= 0.3 is 0 Å². The van der Waals surface area contributed by atoms with Crippen LogP contribution in [0.3, 0.4) is 0 Å². The summed E-state index contributed by atoms with van der Waals surface area (Å²) in [6.45, 7) is 4.68. The van der Waals surface area contributed by atoms with E-state index < -0.39 is 10.0 Å². The Kier molecular flexibility index (Phi) is 8.38. The van der Waals surface area contributed by atoms with E-state index in [9.17, 15) is 13.2 Å². The highest BCUT2D eigenvalue weighted by molar-refractivity contribution is 7.92. The minimum atomic E-state index is -3.81. The Labute approximate surface area is 237 Å². The van der Waals surface area contributed by atoms with Crippen molar-refractivity contribution in [3.05, 3.63) is 72.3 Å². The van der Waals surface area contributed by atoms with Crippen LogP contribution in [0.2, 0.25) is 0 Å². The molecule has 4 aromatic rings. The number of nitrogens with one attached hydrogen (secondary N) is 2. The number of piperazine rings is 1. The summed E-state index contributed by atoms with van der Waals surface area (Å²) in [5, 5.41) is 3.96. The maximum atomic E-state index is 12.8. The van der Waals surface area contributed by atoms with Gasteiger partial charge in [-0.3, -0.25) is 14.4 Å². The molecule has 1 aliphatic rings. The molecular weight excluding hydrogens is 550 g/mol. The van der Waals surface area contributed by atoms with Crippen molar-refractivity contribution < 1.29 is 22.7 Å². The third-order valence-electron chi connectivity index (χ3n) is 6.69. The van der Waals surface area contributed by atoms with Crippen molar-refractivity contribution in [1.82, 2.24) is 15.2 Å². The van der Waals surface area contributed by atoms with Gasteiger partial charge in [-0.15, -0.1) is 0 Å². The van der Waals surface area contributed by atoms with Gasteiger partial charge in [0.25, 0.3) is 15.9 Å². The minimum absolute atomic E-state index is 0.103. The third-order valence-corrected chi connectivity index (χ3v) is 9.16. The zero-order valence-electron chi connectivity index (χ0n) is 22.3. The number of sulfonamides is 1. The fourth-order valence-corrected chi connectivity index (χ4v) is 6.54. The first-order chi connectivity index (χ1) is 19.3. The van der Waals surface area contributed by atoms with Gasteiger partial charge in [0.05, 0.1) is 29.3 Å². The van der Waals surface area contributed by atoms with Gasteiger partial charge in [0.1, 0.15) is 11.5 Å². The van der Waals surface area contributed by atoms with Crippen LogP contribution in [-0.4, -0.2) is 77.7 Å². The van der Waals surface area contributed by atoms with Crippen LogP contribution in [0.15, 0.2) is 71.6 Å². The Morgan fingerprint density at radius 2 is 1.68 bits per heavy atom. The summed E-state index contributed by atoms with van der Waals surface area (Å²) in [7, 11) is -0.626. The van der Waals surface area contributed by atoms with Crippen molar-refractivity contribution in [3.8, 4) is 11.5 Å². The molecule has 210 valence electrons. The number of carbonyl (C=O) groups excluding carboxylic acids is 1. The number of hydrogen-bond acceptors (Lipinski definition) is 9. The summed E-state index contributed by atoms with van der Waals surface area (Å²) >= 11 is 1.67. The minimum Gasteiger partial charge on any atom is -0.497 e. The number of aromatic nitrogens is 1. The smallest absolute Gasteiger partial charge is 0.261 e. The molecule has 2 heterocycles. The highest BCUT2D eigenvalue weighted by Gasteiger charge is 2.20. The molecule has 1 aromatic heterocycles. The largest absolute Gasteiger partial charge is 0.497 e. The predicted octanol–water partition coefficient (Wildman–Crippen LogP) is 3.67.